The topological polar surface area (TPSA) is 106 Å². The number of rotatable bonds is 7. The molecular weight excluding hydrogens is 463 g/mol. The maximum Gasteiger partial charge on any atom is 0.262 e. The van der Waals surface area contributed by atoms with Crippen LogP contribution in [-0.2, 0) is 10.2 Å². The summed E-state index contributed by atoms with van der Waals surface area (Å²) >= 11 is 0. The third-order valence-electron chi connectivity index (χ3n) is 5.11. The van der Waals surface area contributed by atoms with Crippen molar-refractivity contribution in [3.05, 3.63) is 90.1 Å². The summed E-state index contributed by atoms with van der Waals surface area (Å²) in [6.07, 6.45) is 0. The molecule has 0 aliphatic carbocycles. The van der Waals surface area contributed by atoms with E-state index in [0.717, 1.165) is 5.56 Å². The van der Waals surface area contributed by atoms with Crippen LogP contribution in [0.15, 0.2) is 77.3 Å². The van der Waals surface area contributed by atoms with Gasteiger partial charge in [0.1, 0.15) is 11.6 Å². The number of carbonyl (C=O) groups is 2. The summed E-state index contributed by atoms with van der Waals surface area (Å²) in [6, 6.07) is 19.4. The standard InChI is InChI=1S/C27H25FN4O4/c1-27(2,3)26-31-24(32-36-26)17-12-14-18(15-13-17)29-25(34)19-8-4-7-11-22(19)35-16-23(33)30-21-10-6-5-9-20(21)28/h4-15H,16H2,1-3H3,(H,29,34)(H,30,33). The van der Waals surface area contributed by atoms with Gasteiger partial charge in [-0.2, -0.15) is 4.98 Å². The van der Waals surface area contributed by atoms with Gasteiger partial charge in [-0.25, -0.2) is 4.39 Å². The third kappa shape index (κ3) is 5.93. The Morgan fingerprint density at radius 2 is 1.64 bits per heavy atom. The summed E-state index contributed by atoms with van der Waals surface area (Å²) in [5.41, 5.74) is 1.34. The van der Waals surface area contributed by atoms with Crippen LogP contribution in [0.5, 0.6) is 5.75 Å². The number of nitrogens with one attached hydrogen (secondary N) is 2. The molecule has 0 aliphatic heterocycles. The van der Waals surface area contributed by atoms with E-state index in [9.17, 15) is 14.0 Å². The number of ether oxygens (including phenoxy) is 1. The van der Waals surface area contributed by atoms with Crippen molar-refractivity contribution in [3.63, 3.8) is 0 Å². The van der Waals surface area contributed by atoms with E-state index in [4.69, 9.17) is 9.26 Å². The Labute approximate surface area is 207 Å². The molecule has 1 aromatic heterocycles. The number of hydrogen-bond acceptors (Lipinski definition) is 6. The number of nitrogens with zero attached hydrogens (tertiary/aromatic N) is 2. The zero-order valence-electron chi connectivity index (χ0n) is 20.0. The lowest BCUT2D eigenvalue weighted by Gasteiger charge is -2.12. The van der Waals surface area contributed by atoms with E-state index in [1.165, 1.54) is 18.2 Å². The average Bonchev–Trinajstić information content (AvgIpc) is 3.36. The van der Waals surface area contributed by atoms with Crippen molar-refractivity contribution in [2.75, 3.05) is 17.2 Å². The molecule has 0 radical (unpaired) electrons. The van der Waals surface area contributed by atoms with Gasteiger partial charge in [0.05, 0.1) is 11.3 Å². The maximum absolute atomic E-state index is 13.7. The molecule has 36 heavy (non-hydrogen) atoms. The first-order valence-corrected chi connectivity index (χ1v) is 11.2. The number of amides is 2. The van der Waals surface area contributed by atoms with Crippen LogP contribution in [0.2, 0.25) is 0 Å². The van der Waals surface area contributed by atoms with E-state index in [1.54, 1.807) is 54.6 Å². The van der Waals surface area contributed by atoms with Crippen molar-refractivity contribution in [1.82, 2.24) is 10.1 Å². The fourth-order valence-corrected chi connectivity index (χ4v) is 3.22. The fourth-order valence-electron chi connectivity index (χ4n) is 3.22. The molecule has 0 spiro atoms. The molecule has 0 aliphatic rings. The second-order valence-corrected chi connectivity index (χ2v) is 9.02. The van der Waals surface area contributed by atoms with Gasteiger partial charge in [0.15, 0.2) is 6.61 Å². The molecule has 0 saturated carbocycles. The molecule has 1 heterocycles. The molecule has 184 valence electrons. The Bertz CT molecular complexity index is 1380. The first kappa shape index (κ1) is 24.6. The summed E-state index contributed by atoms with van der Waals surface area (Å²) < 4.78 is 24.6. The number of benzene rings is 3. The van der Waals surface area contributed by atoms with Gasteiger partial charge in [-0.15, -0.1) is 0 Å². The minimum absolute atomic E-state index is 0.0519. The lowest BCUT2D eigenvalue weighted by molar-refractivity contribution is -0.118. The second kappa shape index (κ2) is 10.4. The van der Waals surface area contributed by atoms with Gasteiger partial charge in [0.25, 0.3) is 11.8 Å². The van der Waals surface area contributed by atoms with E-state index < -0.39 is 24.2 Å². The molecule has 9 heteroatoms. The minimum Gasteiger partial charge on any atom is -0.483 e. The van der Waals surface area contributed by atoms with Gasteiger partial charge in [-0.1, -0.05) is 50.2 Å². The smallest absolute Gasteiger partial charge is 0.262 e. The molecule has 0 atom stereocenters. The van der Waals surface area contributed by atoms with Crippen LogP contribution in [0.4, 0.5) is 15.8 Å². The lowest BCUT2D eigenvalue weighted by atomic mass is 9.97. The highest BCUT2D eigenvalue weighted by molar-refractivity contribution is 6.06. The first-order chi connectivity index (χ1) is 17.2. The average molecular weight is 489 g/mol. The molecular formula is C27H25FN4O4. The van der Waals surface area contributed by atoms with Crippen LogP contribution in [0.3, 0.4) is 0 Å². The Kier molecular flexibility index (Phi) is 7.10. The normalized spacial score (nSPS) is 11.1. The zero-order chi connectivity index (χ0) is 25.7. The second-order valence-electron chi connectivity index (χ2n) is 9.02. The first-order valence-electron chi connectivity index (χ1n) is 11.2. The van der Waals surface area contributed by atoms with Crippen LogP contribution < -0.4 is 15.4 Å². The molecule has 8 nitrogen and oxygen atoms in total. The summed E-state index contributed by atoms with van der Waals surface area (Å²) in [7, 11) is 0. The van der Waals surface area contributed by atoms with Crippen molar-refractivity contribution in [2.45, 2.75) is 26.2 Å². The van der Waals surface area contributed by atoms with Crippen molar-refractivity contribution in [3.8, 4) is 17.1 Å². The summed E-state index contributed by atoms with van der Waals surface area (Å²) in [4.78, 5) is 29.5. The van der Waals surface area contributed by atoms with Crippen molar-refractivity contribution < 1.29 is 23.2 Å². The van der Waals surface area contributed by atoms with Gasteiger partial charge in [-0.05, 0) is 48.5 Å². The Hall–Kier alpha value is -4.53. The Balaban J connectivity index is 1.39. The van der Waals surface area contributed by atoms with Crippen molar-refractivity contribution >= 4 is 23.2 Å². The van der Waals surface area contributed by atoms with E-state index in [2.05, 4.69) is 20.8 Å². The maximum atomic E-state index is 13.7. The largest absolute Gasteiger partial charge is 0.483 e. The molecule has 3 aromatic carbocycles. The van der Waals surface area contributed by atoms with Crippen LogP contribution >= 0.6 is 0 Å². The number of anilines is 2. The highest BCUT2D eigenvalue weighted by Gasteiger charge is 2.22. The highest BCUT2D eigenvalue weighted by Crippen LogP contribution is 2.25. The Morgan fingerprint density at radius 1 is 0.944 bits per heavy atom. The quantitative estimate of drug-likeness (QED) is 0.359. The van der Waals surface area contributed by atoms with Crippen LogP contribution in [0, 0.1) is 5.82 Å². The number of halogens is 1. The summed E-state index contributed by atoms with van der Waals surface area (Å²) in [5, 5.41) is 9.27. The van der Waals surface area contributed by atoms with Crippen molar-refractivity contribution in [2.24, 2.45) is 0 Å². The van der Waals surface area contributed by atoms with Crippen LogP contribution in [-0.4, -0.2) is 28.6 Å². The fraction of sp³-hybridized carbons (Fsp3) is 0.185. The zero-order valence-corrected chi connectivity index (χ0v) is 20.0. The predicted octanol–water partition coefficient (Wildman–Crippen LogP) is 5.44. The summed E-state index contributed by atoms with van der Waals surface area (Å²) in [5.74, 6) is -0.300. The number of hydrogen-bond donors (Lipinski definition) is 2. The summed E-state index contributed by atoms with van der Waals surface area (Å²) in [6.45, 7) is 5.56. The van der Waals surface area contributed by atoms with E-state index >= 15 is 0 Å². The number of carbonyl (C=O) groups excluding carboxylic acids is 2. The SMILES string of the molecule is CC(C)(C)c1nc(-c2ccc(NC(=O)c3ccccc3OCC(=O)Nc3ccccc3F)cc2)no1. The van der Waals surface area contributed by atoms with Crippen LogP contribution in [0.1, 0.15) is 37.0 Å². The molecule has 2 amide bonds. The lowest BCUT2D eigenvalue weighted by Crippen LogP contribution is -2.22. The molecule has 0 saturated heterocycles. The van der Waals surface area contributed by atoms with Crippen LogP contribution in [0.25, 0.3) is 11.4 Å². The molecule has 0 unspecified atom stereocenters. The number of para-hydroxylation sites is 2. The Morgan fingerprint density at radius 3 is 2.33 bits per heavy atom. The van der Waals surface area contributed by atoms with Gasteiger partial charge < -0.3 is 19.9 Å². The molecule has 2 N–H and O–H groups in total. The minimum atomic E-state index is -0.554. The number of aromatic nitrogens is 2. The van der Waals surface area contributed by atoms with Gasteiger partial charge >= 0.3 is 0 Å². The molecule has 0 bridgehead atoms. The monoisotopic (exact) mass is 488 g/mol. The van der Waals surface area contributed by atoms with Crippen molar-refractivity contribution in [1.29, 1.82) is 0 Å². The van der Waals surface area contributed by atoms with Gasteiger partial charge in [0, 0.05) is 16.7 Å². The van der Waals surface area contributed by atoms with Gasteiger partial charge in [0.2, 0.25) is 11.7 Å². The highest BCUT2D eigenvalue weighted by atomic mass is 19.1. The van der Waals surface area contributed by atoms with E-state index in [1.807, 2.05) is 20.8 Å². The molecule has 0 fully saturated rings. The molecule has 4 aromatic rings. The third-order valence-corrected chi connectivity index (χ3v) is 5.11. The van der Waals surface area contributed by atoms with E-state index in [-0.39, 0.29) is 22.4 Å². The predicted molar refractivity (Wildman–Crippen MR) is 133 cm³/mol. The molecule has 4 rings (SSSR count). The van der Waals surface area contributed by atoms with E-state index in [0.29, 0.717) is 17.4 Å². The van der Waals surface area contributed by atoms with Gasteiger partial charge in [-0.3, -0.25) is 9.59 Å².